The van der Waals surface area contributed by atoms with E-state index in [0.717, 1.165) is 23.6 Å². The van der Waals surface area contributed by atoms with Crippen molar-refractivity contribution >= 4 is 11.6 Å². The number of halogens is 1. The van der Waals surface area contributed by atoms with Crippen molar-refractivity contribution in [2.75, 3.05) is 7.05 Å². The molecule has 0 unspecified atom stereocenters. The molecule has 2 aromatic rings. The molecular formula is C16H18ClN. The molecule has 0 aliphatic carbocycles. The van der Waals surface area contributed by atoms with E-state index in [2.05, 4.69) is 48.6 Å². The van der Waals surface area contributed by atoms with Gasteiger partial charge in [0.1, 0.15) is 0 Å². The van der Waals surface area contributed by atoms with Crippen molar-refractivity contribution in [3.05, 3.63) is 58.6 Å². The summed E-state index contributed by atoms with van der Waals surface area (Å²) in [5.41, 5.74) is 4.87. The number of hydrogen-bond donors (Lipinski definition) is 1. The van der Waals surface area contributed by atoms with Gasteiger partial charge in [-0.3, -0.25) is 0 Å². The van der Waals surface area contributed by atoms with Crippen molar-refractivity contribution in [2.45, 2.75) is 19.9 Å². The van der Waals surface area contributed by atoms with Gasteiger partial charge in [-0.2, -0.15) is 0 Å². The maximum atomic E-state index is 6.28. The molecule has 1 N–H and O–H groups in total. The summed E-state index contributed by atoms with van der Waals surface area (Å²) in [5.74, 6) is 0. The van der Waals surface area contributed by atoms with E-state index in [1.807, 2.05) is 13.1 Å². The van der Waals surface area contributed by atoms with Gasteiger partial charge >= 0.3 is 0 Å². The van der Waals surface area contributed by atoms with Crippen LogP contribution < -0.4 is 5.32 Å². The predicted octanol–water partition coefficient (Wildman–Crippen LogP) is 4.29. The molecule has 0 amide bonds. The Bertz CT molecular complexity index is 517. The molecule has 94 valence electrons. The van der Waals surface area contributed by atoms with Crippen LogP contribution in [-0.4, -0.2) is 7.05 Å². The summed E-state index contributed by atoms with van der Waals surface area (Å²) in [4.78, 5) is 0. The summed E-state index contributed by atoms with van der Waals surface area (Å²) in [7, 11) is 1.92. The first-order chi connectivity index (χ1) is 8.74. The molecular weight excluding hydrogens is 242 g/mol. The zero-order chi connectivity index (χ0) is 13.0. The van der Waals surface area contributed by atoms with E-state index in [9.17, 15) is 0 Å². The molecule has 0 saturated carbocycles. The van der Waals surface area contributed by atoms with E-state index >= 15 is 0 Å². The SMILES string of the molecule is CCc1ccc(-c2ccc(CNC)c(Cl)c2)cc1. The number of nitrogens with one attached hydrogen (secondary N) is 1. The lowest BCUT2D eigenvalue weighted by Gasteiger charge is -2.07. The first-order valence-electron chi connectivity index (χ1n) is 6.27. The van der Waals surface area contributed by atoms with Gasteiger partial charge in [0.25, 0.3) is 0 Å². The summed E-state index contributed by atoms with van der Waals surface area (Å²) < 4.78 is 0. The van der Waals surface area contributed by atoms with Crippen molar-refractivity contribution in [3.8, 4) is 11.1 Å². The molecule has 0 radical (unpaired) electrons. The summed E-state index contributed by atoms with van der Waals surface area (Å²) >= 11 is 6.28. The van der Waals surface area contributed by atoms with E-state index in [1.165, 1.54) is 16.7 Å². The standard InChI is InChI=1S/C16H18ClN/c1-3-12-4-6-13(7-5-12)14-8-9-15(11-18-2)16(17)10-14/h4-10,18H,3,11H2,1-2H3. The highest BCUT2D eigenvalue weighted by atomic mass is 35.5. The van der Waals surface area contributed by atoms with Crippen molar-refractivity contribution in [1.29, 1.82) is 0 Å². The topological polar surface area (TPSA) is 12.0 Å². The van der Waals surface area contributed by atoms with E-state index in [-0.39, 0.29) is 0 Å². The predicted molar refractivity (Wildman–Crippen MR) is 79.0 cm³/mol. The van der Waals surface area contributed by atoms with Crippen LogP contribution in [0.3, 0.4) is 0 Å². The Balaban J connectivity index is 2.30. The normalized spacial score (nSPS) is 10.6. The molecule has 1 nitrogen and oxygen atoms in total. The van der Waals surface area contributed by atoms with Crippen molar-refractivity contribution in [1.82, 2.24) is 5.32 Å². The Morgan fingerprint density at radius 1 is 1.00 bits per heavy atom. The molecule has 0 aromatic heterocycles. The second-order valence-electron chi connectivity index (χ2n) is 4.39. The van der Waals surface area contributed by atoms with Crippen LogP contribution in [0.5, 0.6) is 0 Å². The van der Waals surface area contributed by atoms with E-state index in [1.54, 1.807) is 0 Å². The highest BCUT2D eigenvalue weighted by Gasteiger charge is 2.03. The third kappa shape index (κ3) is 2.92. The van der Waals surface area contributed by atoms with E-state index < -0.39 is 0 Å². The third-order valence-corrected chi connectivity index (χ3v) is 3.47. The molecule has 2 rings (SSSR count). The van der Waals surface area contributed by atoms with Crippen LogP contribution >= 0.6 is 11.6 Å². The van der Waals surface area contributed by atoms with Gasteiger partial charge in [0, 0.05) is 11.6 Å². The molecule has 0 atom stereocenters. The third-order valence-electron chi connectivity index (χ3n) is 3.12. The Morgan fingerprint density at radius 2 is 1.67 bits per heavy atom. The minimum Gasteiger partial charge on any atom is -0.316 e. The van der Waals surface area contributed by atoms with E-state index in [0.29, 0.717) is 0 Å². The van der Waals surface area contributed by atoms with Crippen LogP contribution in [0.25, 0.3) is 11.1 Å². The quantitative estimate of drug-likeness (QED) is 0.864. The average molecular weight is 260 g/mol. The van der Waals surface area contributed by atoms with Crippen molar-refractivity contribution in [2.24, 2.45) is 0 Å². The Morgan fingerprint density at radius 3 is 2.22 bits per heavy atom. The molecule has 2 heteroatoms. The Hall–Kier alpha value is -1.31. The van der Waals surface area contributed by atoms with E-state index in [4.69, 9.17) is 11.6 Å². The minimum absolute atomic E-state index is 0.799. The number of benzene rings is 2. The Labute approximate surface area is 114 Å². The largest absolute Gasteiger partial charge is 0.316 e. The fraction of sp³-hybridized carbons (Fsp3) is 0.250. The van der Waals surface area contributed by atoms with Crippen LogP contribution in [0.2, 0.25) is 5.02 Å². The first kappa shape index (κ1) is 13.1. The molecule has 0 heterocycles. The lowest BCUT2D eigenvalue weighted by Crippen LogP contribution is -2.05. The lowest BCUT2D eigenvalue weighted by atomic mass is 10.0. The van der Waals surface area contributed by atoms with Gasteiger partial charge in [0.15, 0.2) is 0 Å². The van der Waals surface area contributed by atoms with Crippen molar-refractivity contribution < 1.29 is 0 Å². The fourth-order valence-electron chi connectivity index (χ4n) is 1.99. The molecule has 0 aliphatic heterocycles. The highest BCUT2D eigenvalue weighted by Crippen LogP contribution is 2.26. The molecule has 2 aromatic carbocycles. The lowest BCUT2D eigenvalue weighted by molar-refractivity contribution is 0.818. The van der Waals surface area contributed by atoms with Gasteiger partial charge in [-0.1, -0.05) is 54.9 Å². The summed E-state index contributed by atoms with van der Waals surface area (Å²) in [5, 5.41) is 3.94. The van der Waals surface area contributed by atoms with Gasteiger partial charge in [-0.05, 0) is 41.8 Å². The van der Waals surface area contributed by atoms with Gasteiger partial charge in [-0.25, -0.2) is 0 Å². The molecule has 0 saturated heterocycles. The molecule has 0 fully saturated rings. The number of hydrogen-bond acceptors (Lipinski definition) is 1. The number of rotatable bonds is 4. The zero-order valence-electron chi connectivity index (χ0n) is 10.8. The van der Waals surface area contributed by atoms with Crippen molar-refractivity contribution in [3.63, 3.8) is 0 Å². The second kappa shape index (κ2) is 6.03. The monoisotopic (exact) mass is 259 g/mol. The summed E-state index contributed by atoms with van der Waals surface area (Å²) in [6.07, 6.45) is 1.07. The molecule has 0 aliphatic rings. The van der Waals surface area contributed by atoms with Crippen LogP contribution in [0, 0.1) is 0 Å². The zero-order valence-corrected chi connectivity index (χ0v) is 11.6. The fourth-order valence-corrected chi connectivity index (χ4v) is 2.24. The maximum Gasteiger partial charge on any atom is 0.0457 e. The second-order valence-corrected chi connectivity index (χ2v) is 4.79. The van der Waals surface area contributed by atoms with Crippen LogP contribution in [-0.2, 0) is 13.0 Å². The summed E-state index contributed by atoms with van der Waals surface area (Å²) in [6, 6.07) is 14.9. The van der Waals surface area contributed by atoms with Gasteiger partial charge in [0.2, 0.25) is 0 Å². The minimum atomic E-state index is 0.799. The van der Waals surface area contributed by atoms with Gasteiger partial charge in [-0.15, -0.1) is 0 Å². The smallest absolute Gasteiger partial charge is 0.0457 e. The molecule has 0 bridgehead atoms. The van der Waals surface area contributed by atoms with Crippen LogP contribution in [0.1, 0.15) is 18.1 Å². The summed E-state index contributed by atoms with van der Waals surface area (Å²) in [6.45, 7) is 2.96. The highest BCUT2D eigenvalue weighted by molar-refractivity contribution is 6.31. The number of aryl methyl sites for hydroxylation is 1. The van der Waals surface area contributed by atoms with Gasteiger partial charge < -0.3 is 5.32 Å². The van der Waals surface area contributed by atoms with Gasteiger partial charge in [0.05, 0.1) is 0 Å². The maximum absolute atomic E-state index is 6.28. The molecule has 18 heavy (non-hydrogen) atoms. The molecule has 0 spiro atoms. The van der Waals surface area contributed by atoms with Crippen LogP contribution in [0.4, 0.5) is 0 Å². The first-order valence-corrected chi connectivity index (χ1v) is 6.64. The Kier molecular flexibility index (Phi) is 4.40. The average Bonchev–Trinajstić information content (AvgIpc) is 2.41. The van der Waals surface area contributed by atoms with Crippen LogP contribution in [0.15, 0.2) is 42.5 Å².